The van der Waals surface area contributed by atoms with E-state index < -0.39 is 0 Å². The lowest BCUT2D eigenvalue weighted by Crippen LogP contribution is -1.92. The maximum atomic E-state index is 10.9. The minimum absolute atomic E-state index is 0.0315. The molecule has 0 atom stereocenters. The standard InChI is InChI=1S/C14H12O3/c1-17-14-12(9-15)7-11(8-13(14)16)10-5-3-2-4-6-10/h2-9,16H,1H3. The summed E-state index contributed by atoms with van der Waals surface area (Å²) in [6.07, 6.45) is 0.672. The third kappa shape index (κ3) is 2.13. The van der Waals surface area contributed by atoms with Crippen molar-refractivity contribution in [3.05, 3.63) is 48.0 Å². The second-order valence-corrected chi connectivity index (χ2v) is 3.60. The molecule has 0 radical (unpaired) electrons. The molecule has 3 heteroatoms. The van der Waals surface area contributed by atoms with Crippen LogP contribution < -0.4 is 4.74 Å². The molecule has 0 aliphatic heterocycles. The highest BCUT2D eigenvalue weighted by Crippen LogP contribution is 2.34. The quantitative estimate of drug-likeness (QED) is 0.821. The van der Waals surface area contributed by atoms with Gasteiger partial charge in [-0.05, 0) is 23.3 Å². The number of rotatable bonds is 3. The van der Waals surface area contributed by atoms with E-state index in [0.717, 1.165) is 11.1 Å². The Morgan fingerprint density at radius 2 is 1.82 bits per heavy atom. The van der Waals surface area contributed by atoms with Gasteiger partial charge in [-0.1, -0.05) is 30.3 Å². The summed E-state index contributed by atoms with van der Waals surface area (Å²) in [4.78, 5) is 10.9. The Morgan fingerprint density at radius 1 is 1.12 bits per heavy atom. The summed E-state index contributed by atoms with van der Waals surface area (Å²) in [5.74, 6) is 0.177. The van der Waals surface area contributed by atoms with Gasteiger partial charge in [-0.25, -0.2) is 0 Å². The second kappa shape index (κ2) is 4.70. The van der Waals surface area contributed by atoms with Gasteiger partial charge in [-0.15, -0.1) is 0 Å². The van der Waals surface area contributed by atoms with Crippen LogP contribution in [0.15, 0.2) is 42.5 Å². The van der Waals surface area contributed by atoms with Gasteiger partial charge in [0.15, 0.2) is 17.8 Å². The van der Waals surface area contributed by atoms with E-state index in [1.54, 1.807) is 12.1 Å². The number of aromatic hydroxyl groups is 1. The number of phenolic OH excluding ortho intramolecular Hbond substituents is 1. The molecule has 0 saturated heterocycles. The average molecular weight is 228 g/mol. The van der Waals surface area contributed by atoms with Crippen molar-refractivity contribution in [2.45, 2.75) is 0 Å². The van der Waals surface area contributed by atoms with E-state index in [2.05, 4.69) is 0 Å². The molecular formula is C14H12O3. The zero-order valence-electron chi connectivity index (χ0n) is 9.38. The maximum Gasteiger partial charge on any atom is 0.171 e. The molecule has 3 nitrogen and oxygen atoms in total. The normalized spacial score (nSPS) is 9.94. The summed E-state index contributed by atoms with van der Waals surface area (Å²) in [7, 11) is 1.42. The smallest absolute Gasteiger partial charge is 0.171 e. The lowest BCUT2D eigenvalue weighted by molar-refractivity contribution is 0.112. The van der Waals surface area contributed by atoms with Crippen molar-refractivity contribution in [2.24, 2.45) is 0 Å². The number of benzene rings is 2. The van der Waals surface area contributed by atoms with Crippen LogP contribution in [0.3, 0.4) is 0 Å². The molecule has 2 aromatic carbocycles. The van der Waals surface area contributed by atoms with Crippen LogP contribution in [0.2, 0.25) is 0 Å². The fourth-order valence-electron chi connectivity index (χ4n) is 1.74. The topological polar surface area (TPSA) is 46.5 Å². The van der Waals surface area contributed by atoms with Gasteiger partial charge in [0.2, 0.25) is 0 Å². The van der Waals surface area contributed by atoms with Gasteiger partial charge in [-0.2, -0.15) is 0 Å². The van der Waals surface area contributed by atoms with Crippen LogP contribution in [0, 0.1) is 0 Å². The lowest BCUT2D eigenvalue weighted by atomic mass is 10.0. The first-order valence-corrected chi connectivity index (χ1v) is 5.18. The first-order chi connectivity index (χ1) is 8.26. The van der Waals surface area contributed by atoms with Gasteiger partial charge in [0.05, 0.1) is 12.7 Å². The fraction of sp³-hybridized carbons (Fsp3) is 0.0714. The van der Waals surface area contributed by atoms with Gasteiger partial charge >= 0.3 is 0 Å². The maximum absolute atomic E-state index is 10.9. The molecule has 0 bridgehead atoms. The van der Waals surface area contributed by atoms with Crippen LogP contribution in [0.5, 0.6) is 11.5 Å². The van der Waals surface area contributed by atoms with Crippen LogP contribution >= 0.6 is 0 Å². The van der Waals surface area contributed by atoms with E-state index in [1.165, 1.54) is 7.11 Å². The number of hydrogen-bond acceptors (Lipinski definition) is 3. The molecule has 17 heavy (non-hydrogen) atoms. The predicted molar refractivity (Wildman–Crippen MR) is 65.5 cm³/mol. The first kappa shape index (κ1) is 11.2. The molecule has 0 aliphatic rings. The van der Waals surface area contributed by atoms with Gasteiger partial charge < -0.3 is 9.84 Å². The van der Waals surface area contributed by atoms with Crippen molar-refractivity contribution >= 4 is 6.29 Å². The minimum Gasteiger partial charge on any atom is -0.504 e. The molecule has 0 spiro atoms. The van der Waals surface area contributed by atoms with E-state index in [4.69, 9.17) is 4.74 Å². The molecule has 2 rings (SSSR count). The molecular weight excluding hydrogens is 216 g/mol. The van der Waals surface area contributed by atoms with Crippen LogP contribution in [0.1, 0.15) is 10.4 Å². The predicted octanol–water partition coefficient (Wildman–Crippen LogP) is 2.88. The molecule has 0 heterocycles. The Morgan fingerprint density at radius 3 is 2.41 bits per heavy atom. The van der Waals surface area contributed by atoms with Crippen LogP contribution in [-0.4, -0.2) is 18.5 Å². The van der Waals surface area contributed by atoms with Crippen molar-refractivity contribution in [1.29, 1.82) is 0 Å². The highest BCUT2D eigenvalue weighted by atomic mass is 16.5. The van der Waals surface area contributed by atoms with Gasteiger partial charge in [0.25, 0.3) is 0 Å². The number of aldehydes is 1. The lowest BCUT2D eigenvalue weighted by Gasteiger charge is -2.09. The zero-order valence-corrected chi connectivity index (χ0v) is 9.38. The largest absolute Gasteiger partial charge is 0.504 e. The van der Waals surface area contributed by atoms with E-state index >= 15 is 0 Å². The Kier molecular flexibility index (Phi) is 3.10. The highest BCUT2D eigenvalue weighted by molar-refractivity contribution is 5.85. The number of ether oxygens (including phenoxy) is 1. The fourth-order valence-corrected chi connectivity index (χ4v) is 1.74. The number of carbonyl (C=O) groups excluding carboxylic acids is 1. The molecule has 0 fully saturated rings. The average Bonchev–Trinajstić information content (AvgIpc) is 2.38. The summed E-state index contributed by atoms with van der Waals surface area (Å²) in [5.41, 5.74) is 2.06. The minimum atomic E-state index is -0.0315. The molecule has 0 aromatic heterocycles. The summed E-state index contributed by atoms with van der Waals surface area (Å²) in [6, 6.07) is 12.8. The highest BCUT2D eigenvalue weighted by Gasteiger charge is 2.11. The van der Waals surface area contributed by atoms with Crippen molar-refractivity contribution < 1.29 is 14.6 Å². The van der Waals surface area contributed by atoms with Crippen LogP contribution in [0.4, 0.5) is 0 Å². The van der Waals surface area contributed by atoms with Crippen molar-refractivity contribution in [1.82, 2.24) is 0 Å². The third-order valence-corrected chi connectivity index (χ3v) is 2.54. The molecule has 2 aromatic rings. The van der Waals surface area contributed by atoms with Gasteiger partial charge in [0, 0.05) is 0 Å². The summed E-state index contributed by atoms with van der Waals surface area (Å²) in [6.45, 7) is 0. The van der Waals surface area contributed by atoms with Crippen LogP contribution in [-0.2, 0) is 0 Å². The van der Waals surface area contributed by atoms with Crippen molar-refractivity contribution in [3.8, 4) is 22.6 Å². The first-order valence-electron chi connectivity index (χ1n) is 5.18. The van der Waals surface area contributed by atoms with E-state index in [-0.39, 0.29) is 11.5 Å². The number of methoxy groups -OCH3 is 1. The van der Waals surface area contributed by atoms with E-state index in [9.17, 15) is 9.90 Å². The van der Waals surface area contributed by atoms with E-state index in [0.29, 0.717) is 11.8 Å². The number of phenols is 1. The Balaban J connectivity index is 2.58. The van der Waals surface area contributed by atoms with Crippen molar-refractivity contribution in [2.75, 3.05) is 7.11 Å². The number of carbonyl (C=O) groups is 1. The Labute approximate surface area is 99.3 Å². The Hall–Kier alpha value is -2.29. The monoisotopic (exact) mass is 228 g/mol. The van der Waals surface area contributed by atoms with Crippen molar-refractivity contribution in [3.63, 3.8) is 0 Å². The molecule has 1 N–H and O–H groups in total. The summed E-state index contributed by atoms with van der Waals surface area (Å²) in [5, 5.41) is 9.78. The zero-order chi connectivity index (χ0) is 12.3. The van der Waals surface area contributed by atoms with Gasteiger partial charge in [0.1, 0.15) is 0 Å². The van der Waals surface area contributed by atoms with Crippen LogP contribution in [0.25, 0.3) is 11.1 Å². The third-order valence-electron chi connectivity index (χ3n) is 2.54. The molecule has 0 saturated carbocycles. The molecule has 0 unspecified atom stereocenters. The molecule has 0 aliphatic carbocycles. The molecule has 0 amide bonds. The SMILES string of the molecule is COc1c(O)cc(-c2ccccc2)cc1C=O. The molecule has 86 valence electrons. The van der Waals surface area contributed by atoms with E-state index in [1.807, 2.05) is 30.3 Å². The Bertz CT molecular complexity index is 533. The summed E-state index contributed by atoms with van der Waals surface area (Å²) >= 11 is 0. The summed E-state index contributed by atoms with van der Waals surface area (Å²) < 4.78 is 4.98. The van der Waals surface area contributed by atoms with Gasteiger partial charge in [-0.3, -0.25) is 4.79 Å². The number of hydrogen-bond donors (Lipinski definition) is 1. The second-order valence-electron chi connectivity index (χ2n) is 3.60.